The fourth-order valence-corrected chi connectivity index (χ4v) is 3.66. The van der Waals surface area contributed by atoms with Crippen LogP contribution < -0.4 is 4.90 Å². The molecule has 1 saturated carbocycles. The summed E-state index contributed by atoms with van der Waals surface area (Å²) in [5.74, 6) is 0.731. The van der Waals surface area contributed by atoms with Gasteiger partial charge in [-0.05, 0) is 19.3 Å². The van der Waals surface area contributed by atoms with Gasteiger partial charge in [0.15, 0.2) is 0 Å². The van der Waals surface area contributed by atoms with Crippen molar-refractivity contribution >= 4 is 17.5 Å². The van der Waals surface area contributed by atoms with Crippen LogP contribution in [0.25, 0.3) is 0 Å². The summed E-state index contributed by atoms with van der Waals surface area (Å²) in [6, 6.07) is 0. The third kappa shape index (κ3) is 2.13. The van der Waals surface area contributed by atoms with E-state index in [-0.39, 0.29) is 17.2 Å². The smallest absolute Gasteiger partial charge is 0.227 e. The largest absolute Gasteiger partial charge is 0.342 e. The summed E-state index contributed by atoms with van der Waals surface area (Å²) in [6.45, 7) is 2.26. The standard InChI is InChI=1S/C15H20N4O2/c1-17-8-12(7-16-17)19-10-15(6-13(19)20)4-5-18(9-15)14(21)11-2-3-11/h7-8,11H,2-6,9-10H2,1H3/t15-/m1/s1. The Morgan fingerprint density at radius 3 is 2.86 bits per heavy atom. The summed E-state index contributed by atoms with van der Waals surface area (Å²) < 4.78 is 1.71. The Bertz CT molecular complexity index is 607. The van der Waals surface area contributed by atoms with Gasteiger partial charge < -0.3 is 9.80 Å². The van der Waals surface area contributed by atoms with E-state index in [9.17, 15) is 9.59 Å². The van der Waals surface area contributed by atoms with E-state index in [1.165, 1.54) is 0 Å². The third-order valence-corrected chi connectivity index (χ3v) is 5.00. The van der Waals surface area contributed by atoms with Gasteiger partial charge in [-0.2, -0.15) is 5.10 Å². The maximum atomic E-state index is 12.4. The molecule has 0 radical (unpaired) electrons. The molecule has 6 nitrogen and oxygen atoms in total. The predicted molar refractivity (Wildman–Crippen MR) is 76.5 cm³/mol. The summed E-state index contributed by atoms with van der Waals surface area (Å²) in [6.07, 6.45) is 7.19. The van der Waals surface area contributed by atoms with Crippen LogP contribution in [0.5, 0.6) is 0 Å². The van der Waals surface area contributed by atoms with E-state index in [1.807, 2.05) is 23.0 Å². The minimum absolute atomic E-state index is 0.0442. The quantitative estimate of drug-likeness (QED) is 0.808. The van der Waals surface area contributed by atoms with Crippen molar-refractivity contribution in [1.29, 1.82) is 0 Å². The topological polar surface area (TPSA) is 58.4 Å². The molecule has 112 valence electrons. The summed E-state index contributed by atoms with van der Waals surface area (Å²) in [5.41, 5.74) is 0.823. The average Bonchev–Trinajstić information content (AvgIpc) is 2.97. The lowest BCUT2D eigenvalue weighted by atomic mass is 9.86. The van der Waals surface area contributed by atoms with Gasteiger partial charge in [0.1, 0.15) is 0 Å². The number of likely N-dealkylation sites (tertiary alicyclic amines) is 1. The molecule has 3 aliphatic rings. The zero-order valence-electron chi connectivity index (χ0n) is 12.3. The first-order valence-corrected chi connectivity index (χ1v) is 7.64. The Labute approximate surface area is 123 Å². The predicted octanol–water partition coefficient (Wildman–Crippen LogP) is 0.785. The highest BCUT2D eigenvalue weighted by atomic mass is 16.2. The molecular formula is C15H20N4O2. The van der Waals surface area contributed by atoms with E-state index in [0.29, 0.717) is 18.9 Å². The molecule has 1 aromatic heterocycles. The van der Waals surface area contributed by atoms with Crippen LogP contribution in [-0.2, 0) is 16.6 Å². The molecule has 2 saturated heterocycles. The lowest BCUT2D eigenvalue weighted by Crippen LogP contribution is -2.34. The van der Waals surface area contributed by atoms with E-state index < -0.39 is 0 Å². The second kappa shape index (κ2) is 4.32. The Morgan fingerprint density at radius 1 is 1.38 bits per heavy atom. The number of amides is 2. The molecule has 4 rings (SSSR count). The van der Waals surface area contributed by atoms with Crippen LogP contribution in [0, 0.1) is 11.3 Å². The molecule has 2 amide bonds. The van der Waals surface area contributed by atoms with Crippen LogP contribution >= 0.6 is 0 Å². The van der Waals surface area contributed by atoms with Crippen molar-refractivity contribution in [3.8, 4) is 0 Å². The van der Waals surface area contributed by atoms with Crippen LogP contribution in [-0.4, -0.2) is 46.1 Å². The Kier molecular flexibility index (Phi) is 2.65. The minimum atomic E-state index is -0.0442. The fraction of sp³-hybridized carbons (Fsp3) is 0.667. The summed E-state index contributed by atoms with van der Waals surface area (Å²) >= 11 is 0. The van der Waals surface area contributed by atoms with Crippen LogP contribution in [0.15, 0.2) is 12.4 Å². The van der Waals surface area contributed by atoms with Gasteiger partial charge in [-0.1, -0.05) is 0 Å². The normalized spacial score (nSPS) is 28.9. The molecule has 1 atom stereocenters. The van der Waals surface area contributed by atoms with Crippen LogP contribution in [0.2, 0.25) is 0 Å². The molecule has 0 N–H and O–H groups in total. The maximum absolute atomic E-state index is 12.4. The Hall–Kier alpha value is -1.85. The number of rotatable bonds is 2. The van der Waals surface area contributed by atoms with Crippen molar-refractivity contribution in [2.24, 2.45) is 18.4 Å². The minimum Gasteiger partial charge on any atom is -0.342 e. The Balaban J connectivity index is 1.50. The monoisotopic (exact) mass is 288 g/mol. The lowest BCUT2D eigenvalue weighted by Gasteiger charge is -2.23. The number of hydrogen-bond acceptors (Lipinski definition) is 3. The molecule has 21 heavy (non-hydrogen) atoms. The molecule has 1 spiro atoms. The van der Waals surface area contributed by atoms with Crippen molar-refractivity contribution in [1.82, 2.24) is 14.7 Å². The number of aromatic nitrogens is 2. The summed E-state index contributed by atoms with van der Waals surface area (Å²) in [5, 5.41) is 4.14. The van der Waals surface area contributed by atoms with Crippen LogP contribution in [0.1, 0.15) is 25.7 Å². The van der Waals surface area contributed by atoms with Crippen LogP contribution in [0.4, 0.5) is 5.69 Å². The van der Waals surface area contributed by atoms with E-state index in [4.69, 9.17) is 0 Å². The zero-order chi connectivity index (χ0) is 14.6. The fourth-order valence-electron chi connectivity index (χ4n) is 3.66. The second-order valence-corrected chi connectivity index (χ2v) is 6.81. The van der Waals surface area contributed by atoms with Crippen molar-refractivity contribution in [2.75, 3.05) is 24.5 Å². The summed E-state index contributed by atoms with van der Waals surface area (Å²) in [7, 11) is 1.85. The molecule has 2 aliphatic heterocycles. The van der Waals surface area contributed by atoms with Crippen molar-refractivity contribution < 1.29 is 9.59 Å². The highest BCUT2D eigenvalue weighted by Crippen LogP contribution is 2.43. The molecule has 3 fully saturated rings. The number of hydrogen-bond donors (Lipinski definition) is 0. The molecule has 0 bridgehead atoms. The molecule has 0 unspecified atom stereocenters. The van der Waals surface area contributed by atoms with E-state index in [1.54, 1.807) is 10.9 Å². The van der Waals surface area contributed by atoms with Gasteiger partial charge in [-0.15, -0.1) is 0 Å². The molecule has 6 heteroatoms. The van der Waals surface area contributed by atoms with E-state index >= 15 is 0 Å². The molecular weight excluding hydrogens is 268 g/mol. The highest BCUT2D eigenvalue weighted by Gasteiger charge is 2.50. The van der Waals surface area contributed by atoms with Gasteiger partial charge in [0.05, 0.1) is 11.9 Å². The highest BCUT2D eigenvalue weighted by molar-refractivity contribution is 5.96. The van der Waals surface area contributed by atoms with Gasteiger partial charge in [0, 0.05) is 50.6 Å². The number of carbonyl (C=O) groups is 2. The van der Waals surface area contributed by atoms with Gasteiger partial charge in [0.25, 0.3) is 0 Å². The number of anilines is 1. The van der Waals surface area contributed by atoms with E-state index in [2.05, 4.69) is 5.10 Å². The van der Waals surface area contributed by atoms with Gasteiger partial charge in [-0.25, -0.2) is 0 Å². The number of carbonyl (C=O) groups excluding carboxylic acids is 2. The number of aryl methyl sites for hydroxylation is 1. The SMILES string of the molecule is Cn1cc(N2C[C@]3(CCN(C(=O)C4CC4)C3)CC2=O)cn1. The van der Waals surface area contributed by atoms with Gasteiger partial charge in [-0.3, -0.25) is 14.3 Å². The third-order valence-electron chi connectivity index (χ3n) is 5.00. The van der Waals surface area contributed by atoms with Gasteiger partial charge >= 0.3 is 0 Å². The molecule has 3 heterocycles. The lowest BCUT2D eigenvalue weighted by molar-refractivity contribution is -0.132. The first-order valence-electron chi connectivity index (χ1n) is 7.64. The molecule has 0 aromatic carbocycles. The van der Waals surface area contributed by atoms with E-state index in [0.717, 1.165) is 38.0 Å². The second-order valence-electron chi connectivity index (χ2n) is 6.81. The Morgan fingerprint density at radius 2 is 2.19 bits per heavy atom. The first kappa shape index (κ1) is 12.9. The van der Waals surface area contributed by atoms with Gasteiger partial charge in [0.2, 0.25) is 11.8 Å². The maximum Gasteiger partial charge on any atom is 0.227 e. The van der Waals surface area contributed by atoms with Crippen molar-refractivity contribution in [3.63, 3.8) is 0 Å². The summed E-state index contributed by atoms with van der Waals surface area (Å²) in [4.78, 5) is 28.4. The zero-order valence-corrected chi connectivity index (χ0v) is 12.3. The van der Waals surface area contributed by atoms with Crippen molar-refractivity contribution in [3.05, 3.63) is 12.4 Å². The van der Waals surface area contributed by atoms with Crippen LogP contribution in [0.3, 0.4) is 0 Å². The molecule has 1 aromatic rings. The molecule has 1 aliphatic carbocycles. The average molecular weight is 288 g/mol. The first-order chi connectivity index (χ1) is 10.1. The van der Waals surface area contributed by atoms with Crippen molar-refractivity contribution in [2.45, 2.75) is 25.7 Å². The number of nitrogens with zero attached hydrogens (tertiary/aromatic N) is 4.